The molecule has 0 amide bonds. The van der Waals surface area contributed by atoms with Crippen LogP contribution in [0, 0.1) is 0 Å². The average molecular weight is 277 g/mol. The molecule has 0 saturated heterocycles. The van der Waals surface area contributed by atoms with Gasteiger partial charge in [0.15, 0.2) is 0 Å². The van der Waals surface area contributed by atoms with Gasteiger partial charge in [0.25, 0.3) is 0 Å². The molecule has 0 spiro atoms. The lowest BCUT2D eigenvalue weighted by Gasteiger charge is -2.07. The second-order valence-corrected chi connectivity index (χ2v) is 5.29. The van der Waals surface area contributed by atoms with E-state index in [4.69, 9.17) is 0 Å². The Balaban J connectivity index is 1.88. The number of rotatable bonds is 7. The molecular weight excluding hydrogens is 258 g/mol. The molecule has 0 atom stereocenters. The summed E-state index contributed by atoms with van der Waals surface area (Å²) in [7, 11) is 0. The van der Waals surface area contributed by atoms with Crippen LogP contribution in [0.15, 0.2) is 41.5 Å². The van der Waals surface area contributed by atoms with Crippen molar-refractivity contribution in [1.29, 1.82) is 0 Å². The molecule has 0 aliphatic carbocycles. The van der Waals surface area contributed by atoms with Gasteiger partial charge in [0.2, 0.25) is 0 Å². The summed E-state index contributed by atoms with van der Waals surface area (Å²) in [5.41, 5.74) is 1.86. The van der Waals surface area contributed by atoms with Gasteiger partial charge in [-0.1, -0.05) is 0 Å². The number of anilines is 1. The number of imidazole rings is 1. The van der Waals surface area contributed by atoms with Crippen molar-refractivity contribution in [2.24, 2.45) is 0 Å². The molecule has 1 heterocycles. The molecule has 1 aromatic heterocycles. The van der Waals surface area contributed by atoms with Crippen LogP contribution in [0.2, 0.25) is 0 Å². The maximum atomic E-state index is 11.5. The Morgan fingerprint density at radius 3 is 2.68 bits per heavy atom. The molecule has 0 fully saturated rings. The van der Waals surface area contributed by atoms with Gasteiger partial charge in [-0.2, -0.15) is 11.8 Å². The molecular formula is C14H19N3OS. The van der Waals surface area contributed by atoms with Crippen LogP contribution < -0.4 is 11.0 Å². The first-order chi connectivity index (χ1) is 9.31. The monoisotopic (exact) mass is 277 g/mol. The first-order valence-electron chi connectivity index (χ1n) is 6.40. The molecule has 2 rings (SSSR count). The van der Waals surface area contributed by atoms with E-state index in [1.165, 1.54) is 18.6 Å². The Kier molecular flexibility index (Phi) is 5.15. The van der Waals surface area contributed by atoms with Crippen molar-refractivity contribution in [3.05, 3.63) is 47.1 Å². The Morgan fingerprint density at radius 2 is 2.05 bits per heavy atom. The standard InChI is InChI=1S/C14H19N3OS/c1-19-11-3-2-8-15-12-4-6-13(7-5-12)17-10-9-16-14(17)18/h4-7,9-10,15H,2-3,8,11H2,1H3,(H,16,18). The average Bonchev–Trinajstić information content (AvgIpc) is 2.86. The predicted molar refractivity (Wildman–Crippen MR) is 82.5 cm³/mol. The smallest absolute Gasteiger partial charge is 0.330 e. The zero-order valence-electron chi connectivity index (χ0n) is 11.1. The molecule has 2 aromatic rings. The number of hydrogen-bond acceptors (Lipinski definition) is 3. The van der Waals surface area contributed by atoms with E-state index in [-0.39, 0.29) is 5.69 Å². The van der Waals surface area contributed by atoms with Crippen molar-refractivity contribution in [2.75, 3.05) is 23.9 Å². The first kappa shape index (κ1) is 13.8. The lowest BCUT2D eigenvalue weighted by molar-refractivity contribution is 0.843. The largest absolute Gasteiger partial charge is 0.385 e. The van der Waals surface area contributed by atoms with Gasteiger partial charge in [-0.3, -0.25) is 4.57 Å². The number of aromatic amines is 1. The minimum Gasteiger partial charge on any atom is -0.385 e. The fourth-order valence-corrected chi connectivity index (χ4v) is 2.36. The fourth-order valence-electron chi connectivity index (χ4n) is 1.87. The van der Waals surface area contributed by atoms with Crippen molar-refractivity contribution < 1.29 is 0 Å². The van der Waals surface area contributed by atoms with Crippen LogP contribution in [0.4, 0.5) is 5.69 Å². The summed E-state index contributed by atoms with van der Waals surface area (Å²) in [5, 5.41) is 3.39. The van der Waals surface area contributed by atoms with Crippen molar-refractivity contribution in [2.45, 2.75) is 12.8 Å². The lowest BCUT2D eigenvalue weighted by atomic mass is 10.2. The van der Waals surface area contributed by atoms with Crippen LogP contribution in [0.3, 0.4) is 0 Å². The molecule has 0 unspecified atom stereocenters. The van der Waals surface area contributed by atoms with Crippen molar-refractivity contribution in [3.63, 3.8) is 0 Å². The van der Waals surface area contributed by atoms with Gasteiger partial charge < -0.3 is 10.3 Å². The summed E-state index contributed by atoms with van der Waals surface area (Å²) in [5.74, 6) is 1.22. The highest BCUT2D eigenvalue weighted by Gasteiger charge is 1.99. The molecule has 5 heteroatoms. The van der Waals surface area contributed by atoms with E-state index >= 15 is 0 Å². The zero-order valence-corrected chi connectivity index (χ0v) is 11.9. The molecule has 1 aromatic carbocycles. The van der Waals surface area contributed by atoms with E-state index in [0.717, 1.165) is 17.9 Å². The third-order valence-electron chi connectivity index (χ3n) is 2.90. The zero-order chi connectivity index (χ0) is 13.5. The molecule has 102 valence electrons. The summed E-state index contributed by atoms with van der Waals surface area (Å²) < 4.78 is 1.59. The molecule has 0 aliphatic heterocycles. The Labute approximate surface area is 117 Å². The van der Waals surface area contributed by atoms with Gasteiger partial charge in [0, 0.05) is 24.6 Å². The highest BCUT2D eigenvalue weighted by atomic mass is 32.2. The molecule has 0 bridgehead atoms. The summed E-state index contributed by atoms with van der Waals surface area (Å²) >= 11 is 1.89. The Hall–Kier alpha value is -1.62. The van der Waals surface area contributed by atoms with Gasteiger partial charge >= 0.3 is 5.69 Å². The Morgan fingerprint density at radius 1 is 1.26 bits per heavy atom. The highest BCUT2D eigenvalue weighted by molar-refractivity contribution is 7.98. The van der Waals surface area contributed by atoms with Crippen LogP contribution in [0.1, 0.15) is 12.8 Å². The SMILES string of the molecule is CSCCCCNc1ccc(-n2cc[nH]c2=O)cc1. The van der Waals surface area contributed by atoms with Crippen LogP contribution in [0.5, 0.6) is 0 Å². The minimum absolute atomic E-state index is 0.113. The number of benzene rings is 1. The van der Waals surface area contributed by atoms with E-state index in [1.807, 2.05) is 36.0 Å². The number of H-pyrrole nitrogens is 1. The van der Waals surface area contributed by atoms with Crippen LogP contribution in [0.25, 0.3) is 5.69 Å². The second kappa shape index (κ2) is 7.09. The summed E-state index contributed by atoms with van der Waals surface area (Å²) in [4.78, 5) is 14.1. The van der Waals surface area contributed by atoms with Crippen LogP contribution in [-0.2, 0) is 0 Å². The maximum Gasteiger partial charge on any atom is 0.330 e. The second-order valence-electron chi connectivity index (χ2n) is 4.31. The molecule has 2 N–H and O–H groups in total. The van der Waals surface area contributed by atoms with Gasteiger partial charge in [0.05, 0.1) is 5.69 Å². The topological polar surface area (TPSA) is 49.8 Å². The van der Waals surface area contributed by atoms with Gasteiger partial charge in [-0.15, -0.1) is 0 Å². The van der Waals surface area contributed by atoms with Crippen LogP contribution >= 0.6 is 11.8 Å². The minimum atomic E-state index is -0.113. The summed E-state index contributed by atoms with van der Waals surface area (Å²) in [6.07, 6.45) is 7.92. The van der Waals surface area contributed by atoms with E-state index < -0.39 is 0 Å². The number of unbranched alkanes of at least 4 members (excludes halogenated alkanes) is 1. The number of aromatic nitrogens is 2. The summed E-state index contributed by atoms with van der Waals surface area (Å²) in [6.45, 7) is 0.990. The number of nitrogens with one attached hydrogen (secondary N) is 2. The van der Waals surface area contributed by atoms with Gasteiger partial charge in [-0.25, -0.2) is 4.79 Å². The number of nitrogens with zero attached hydrogens (tertiary/aromatic N) is 1. The normalized spacial score (nSPS) is 10.6. The molecule has 0 saturated carbocycles. The summed E-state index contributed by atoms with van der Waals surface area (Å²) in [6, 6.07) is 7.89. The van der Waals surface area contributed by atoms with Crippen molar-refractivity contribution >= 4 is 17.4 Å². The molecule has 19 heavy (non-hydrogen) atoms. The van der Waals surface area contributed by atoms with Gasteiger partial charge in [0.1, 0.15) is 0 Å². The Bertz CT molecular complexity index is 544. The number of thioether (sulfide) groups is 1. The third kappa shape index (κ3) is 3.92. The molecule has 0 aliphatic rings. The first-order valence-corrected chi connectivity index (χ1v) is 7.80. The van der Waals surface area contributed by atoms with E-state index in [1.54, 1.807) is 17.0 Å². The molecule has 0 radical (unpaired) electrons. The van der Waals surface area contributed by atoms with Gasteiger partial charge in [-0.05, 0) is 49.1 Å². The quantitative estimate of drug-likeness (QED) is 0.765. The van der Waals surface area contributed by atoms with Crippen molar-refractivity contribution in [1.82, 2.24) is 9.55 Å². The highest BCUT2D eigenvalue weighted by Crippen LogP contribution is 2.12. The predicted octanol–water partition coefficient (Wildman–Crippen LogP) is 2.72. The van der Waals surface area contributed by atoms with E-state index in [0.29, 0.717) is 0 Å². The maximum absolute atomic E-state index is 11.5. The number of hydrogen-bond donors (Lipinski definition) is 2. The van der Waals surface area contributed by atoms with E-state index in [2.05, 4.69) is 16.6 Å². The third-order valence-corrected chi connectivity index (χ3v) is 3.60. The fraction of sp³-hybridized carbons (Fsp3) is 0.357. The van der Waals surface area contributed by atoms with Crippen LogP contribution in [-0.4, -0.2) is 28.1 Å². The van der Waals surface area contributed by atoms with Crippen molar-refractivity contribution in [3.8, 4) is 5.69 Å². The van der Waals surface area contributed by atoms with E-state index in [9.17, 15) is 4.79 Å². The lowest BCUT2D eigenvalue weighted by Crippen LogP contribution is -2.13. The molecule has 4 nitrogen and oxygen atoms in total.